The molecular formula is C24H24N4O2. The molecule has 152 valence electrons. The van der Waals surface area contributed by atoms with Crippen molar-refractivity contribution in [2.75, 3.05) is 5.32 Å². The van der Waals surface area contributed by atoms with Gasteiger partial charge in [-0.15, -0.1) is 0 Å². The fourth-order valence-corrected chi connectivity index (χ4v) is 3.53. The zero-order valence-electron chi connectivity index (χ0n) is 17.3. The summed E-state index contributed by atoms with van der Waals surface area (Å²) in [5.41, 5.74) is 5.36. The van der Waals surface area contributed by atoms with Gasteiger partial charge >= 0.3 is 0 Å². The Morgan fingerprint density at radius 2 is 1.93 bits per heavy atom. The number of fused-ring (bicyclic) bond motifs is 1. The number of rotatable bonds is 5. The van der Waals surface area contributed by atoms with Crippen LogP contribution in [0.25, 0.3) is 22.3 Å². The Hall–Kier alpha value is -3.51. The lowest BCUT2D eigenvalue weighted by molar-refractivity contribution is 0.102. The fraction of sp³-hybridized carbons (Fsp3) is 0.208. The molecule has 6 heteroatoms. The number of aliphatic hydroxyl groups excluding tert-OH is 1. The fourth-order valence-electron chi connectivity index (χ4n) is 3.53. The summed E-state index contributed by atoms with van der Waals surface area (Å²) >= 11 is 0. The largest absolute Gasteiger partial charge is 0.392 e. The molecule has 0 aliphatic carbocycles. The second-order valence-electron chi connectivity index (χ2n) is 7.60. The predicted molar refractivity (Wildman–Crippen MR) is 118 cm³/mol. The van der Waals surface area contributed by atoms with E-state index >= 15 is 0 Å². The minimum absolute atomic E-state index is 0.0815. The molecule has 0 spiro atoms. The van der Waals surface area contributed by atoms with Crippen LogP contribution in [0.5, 0.6) is 0 Å². The van der Waals surface area contributed by atoms with Crippen LogP contribution in [0.2, 0.25) is 0 Å². The molecule has 2 N–H and O–H groups in total. The van der Waals surface area contributed by atoms with E-state index in [-0.39, 0.29) is 18.6 Å². The van der Waals surface area contributed by atoms with Crippen LogP contribution in [-0.4, -0.2) is 25.8 Å². The molecule has 2 heterocycles. The lowest BCUT2D eigenvalue weighted by atomic mass is 10.0. The van der Waals surface area contributed by atoms with Gasteiger partial charge in [0, 0.05) is 17.3 Å². The number of carbonyl (C=O) groups excluding carboxylic acids is 1. The second-order valence-corrected chi connectivity index (χ2v) is 7.60. The molecule has 1 amide bonds. The monoisotopic (exact) mass is 400 g/mol. The maximum absolute atomic E-state index is 13.2. The van der Waals surface area contributed by atoms with E-state index in [0.717, 1.165) is 22.4 Å². The quantitative estimate of drug-likeness (QED) is 0.507. The number of aryl methyl sites for hydroxylation is 1. The van der Waals surface area contributed by atoms with Crippen molar-refractivity contribution < 1.29 is 9.90 Å². The highest BCUT2D eigenvalue weighted by molar-refractivity contribution is 6.12. The second kappa shape index (κ2) is 8.08. The molecule has 0 radical (unpaired) electrons. The Balaban J connectivity index is 1.85. The molecule has 0 atom stereocenters. The third-order valence-corrected chi connectivity index (χ3v) is 5.09. The van der Waals surface area contributed by atoms with Crippen LogP contribution < -0.4 is 5.32 Å². The Morgan fingerprint density at radius 1 is 1.13 bits per heavy atom. The van der Waals surface area contributed by atoms with Crippen molar-refractivity contribution >= 4 is 22.6 Å². The number of hydrogen-bond acceptors (Lipinski definition) is 4. The first-order chi connectivity index (χ1) is 14.5. The molecule has 30 heavy (non-hydrogen) atoms. The minimum atomic E-state index is -0.240. The van der Waals surface area contributed by atoms with Crippen LogP contribution in [-0.2, 0) is 6.61 Å². The normalized spacial score (nSPS) is 11.2. The van der Waals surface area contributed by atoms with E-state index in [1.54, 1.807) is 24.4 Å². The van der Waals surface area contributed by atoms with Gasteiger partial charge in [-0.3, -0.25) is 4.79 Å². The maximum atomic E-state index is 13.2. The summed E-state index contributed by atoms with van der Waals surface area (Å²) < 4.78 is 1.83. The first-order valence-corrected chi connectivity index (χ1v) is 9.93. The maximum Gasteiger partial charge on any atom is 0.256 e. The van der Waals surface area contributed by atoms with Gasteiger partial charge in [-0.25, -0.2) is 9.67 Å². The van der Waals surface area contributed by atoms with Gasteiger partial charge in [-0.2, -0.15) is 5.10 Å². The van der Waals surface area contributed by atoms with Crippen molar-refractivity contribution in [1.29, 1.82) is 0 Å². The van der Waals surface area contributed by atoms with Gasteiger partial charge in [0.15, 0.2) is 5.65 Å². The third-order valence-electron chi connectivity index (χ3n) is 5.09. The zero-order valence-corrected chi connectivity index (χ0v) is 17.3. The molecule has 4 rings (SSSR count). The van der Waals surface area contributed by atoms with Crippen molar-refractivity contribution in [2.24, 2.45) is 0 Å². The van der Waals surface area contributed by atoms with Crippen LogP contribution in [0.1, 0.15) is 41.4 Å². The van der Waals surface area contributed by atoms with Gasteiger partial charge in [0.2, 0.25) is 0 Å². The lowest BCUT2D eigenvalue weighted by Gasteiger charge is -2.12. The van der Waals surface area contributed by atoms with Crippen molar-refractivity contribution in [3.05, 3.63) is 77.5 Å². The molecule has 0 bridgehead atoms. The zero-order chi connectivity index (χ0) is 21.3. The van der Waals surface area contributed by atoms with E-state index in [0.29, 0.717) is 22.3 Å². The Morgan fingerprint density at radius 3 is 2.67 bits per heavy atom. The van der Waals surface area contributed by atoms with Gasteiger partial charge in [0.05, 0.1) is 29.4 Å². The standard InChI is InChI=1S/C24H24N4O2/c1-15(2)28-23-21(13-25-28)20(12-22(27-23)19-10-5-4-7-16(19)3)24(30)26-18-9-6-8-17(11-18)14-29/h4-13,15,29H,14H2,1-3H3,(H,26,30). The summed E-state index contributed by atoms with van der Waals surface area (Å²) in [6.45, 7) is 6.02. The van der Waals surface area contributed by atoms with E-state index in [1.807, 2.05) is 61.9 Å². The molecule has 0 saturated carbocycles. The molecule has 6 nitrogen and oxygen atoms in total. The smallest absolute Gasteiger partial charge is 0.256 e. The van der Waals surface area contributed by atoms with Crippen molar-refractivity contribution in [2.45, 2.75) is 33.4 Å². The summed E-state index contributed by atoms with van der Waals surface area (Å²) in [6, 6.07) is 17.1. The molecule has 0 saturated heterocycles. The highest BCUT2D eigenvalue weighted by Gasteiger charge is 2.19. The van der Waals surface area contributed by atoms with Crippen LogP contribution in [0.4, 0.5) is 5.69 Å². The molecule has 2 aromatic heterocycles. The van der Waals surface area contributed by atoms with Crippen molar-refractivity contribution in [3.63, 3.8) is 0 Å². The topological polar surface area (TPSA) is 80.0 Å². The van der Waals surface area contributed by atoms with Gasteiger partial charge in [0.25, 0.3) is 5.91 Å². The van der Waals surface area contributed by atoms with Gasteiger partial charge < -0.3 is 10.4 Å². The predicted octanol–water partition coefficient (Wildman–Crippen LogP) is 4.73. The number of anilines is 1. The SMILES string of the molecule is Cc1ccccc1-c1cc(C(=O)Nc2cccc(CO)c2)c2cnn(C(C)C)c2n1. The molecule has 0 aliphatic heterocycles. The number of hydrogen-bond donors (Lipinski definition) is 2. The summed E-state index contributed by atoms with van der Waals surface area (Å²) in [7, 11) is 0. The average molecular weight is 400 g/mol. The molecular weight excluding hydrogens is 376 g/mol. The highest BCUT2D eigenvalue weighted by atomic mass is 16.3. The van der Waals surface area contributed by atoms with E-state index in [4.69, 9.17) is 4.98 Å². The number of nitrogens with zero attached hydrogens (tertiary/aromatic N) is 3. The Kier molecular flexibility index (Phi) is 5.33. The summed E-state index contributed by atoms with van der Waals surface area (Å²) in [5, 5.41) is 17.5. The van der Waals surface area contributed by atoms with E-state index < -0.39 is 0 Å². The van der Waals surface area contributed by atoms with Crippen molar-refractivity contribution in [1.82, 2.24) is 14.8 Å². The number of nitrogens with one attached hydrogen (secondary N) is 1. The molecule has 2 aromatic carbocycles. The molecule has 4 aromatic rings. The van der Waals surface area contributed by atoms with E-state index in [9.17, 15) is 9.90 Å². The van der Waals surface area contributed by atoms with Crippen LogP contribution in [0.3, 0.4) is 0 Å². The first-order valence-electron chi connectivity index (χ1n) is 9.93. The average Bonchev–Trinajstić information content (AvgIpc) is 3.18. The first kappa shape index (κ1) is 19.8. The van der Waals surface area contributed by atoms with Gasteiger partial charge in [-0.1, -0.05) is 36.4 Å². The van der Waals surface area contributed by atoms with Crippen LogP contribution in [0, 0.1) is 6.92 Å². The number of aliphatic hydroxyl groups is 1. The number of benzene rings is 2. The number of pyridine rings is 1. The molecule has 0 aliphatic rings. The highest BCUT2D eigenvalue weighted by Crippen LogP contribution is 2.28. The molecule has 0 unspecified atom stereocenters. The number of amides is 1. The van der Waals surface area contributed by atoms with Gasteiger partial charge in [-0.05, 0) is 50.1 Å². The molecule has 0 fully saturated rings. The van der Waals surface area contributed by atoms with Gasteiger partial charge in [0.1, 0.15) is 0 Å². The number of carbonyl (C=O) groups is 1. The summed E-state index contributed by atoms with van der Waals surface area (Å²) in [5.74, 6) is -0.240. The number of aromatic nitrogens is 3. The minimum Gasteiger partial charge on any atom is -0.392 e. The Labute approximate surface area is 175 Å². The third kappa shape index (κ3) is 3.69. The van der Waals surface area contributed by atoms with Crippen molar-refractivity contribution in [3.8, 4) is 11.3 Å². The lowest BCUT2D eigenvalue weighted by Crippen LogP contribution is -2.13. The van der Waals surface area contributed by atoms with Crippen LogP contribution >= 0.6 is 0 Å². The van der Waals surface area contributed by atoms with Crippen LogP contribution in [0.15, 0.2) is 60.8 Å². The van der Waals surface area contributed by atoms with E-state index in [2.05, 4.69) is 10.4 Å². The Bertz CT molecular complexity index is 1230. The summed E-state index contributed by atoms with van der Waals surface area (Å²) in [4.78, 5) is 18.1. The van der Waals surface area contributed by atoms with E-state index in [1.165, 1.54) is 0 Å². The summed E-state index contributed by atoms with van der Waals surface area (Å²) in [6.07, 6.45) is 1.70.